The van der Waals surface area contributed by atoms with Gasteiger partial charge >= 0.3 is 6.03 Å². The predicted octanol–water partition coefficient (Wildman–Crippen LogP) is 4.05. The van der Waals surface area contributed by atoms with Crippen LogP contribution in [-0.2, 0) is 0 Å². The van der Waals surface area contributed by atoms with Crippen molar-refractivity contribution < 1.29 is 13.9 Å². The van der Waals surface area contributed by atoms with Crippen molar-refractivity contribution >= 4 is 11.7 Å². The zero-order chi connectivity index (χ0) is 15.4. The second-order valence-corrected chi connectivity index (χ2v) is 5.25. The first-order chi connectivity index (χ1) is 10.8. The van der Waals surface area contributed by atoms with Gasteiger partial charge in [0, 0.05) is 12.2 Å². The standard InChI is InChI=1S/C17H20N2O3/c1-2-21-14-9-7-13(8-10-14)18-17(20)19-11-3-5-15(19)16-6-4-12-22-16/h4,6-10,12,15H,2-3,5,11H2,1H3,(H,18,20)/t15-/m1/s1. The molecule has 1 aromatic heterocycles. The minimum absolute atomic E-state index is 0.0256. The van der Waals surface area contributed by atoms with Crippen LogP contribution in [0.5, 0.6) is 5.75 Å². The van der Waals surface area contributed by atoms with Gasteiger partial charge in [-0.15, -0.1) is 0 Å². The lowest BCUT2D eigenvalue weighted by Gasteiger charge is -2.23. The normalized spacial score (nSPS) is 17.5. The summed E-state index contributed by atoms with van der Waals surface area (Å²) in [7, 11) is 0. The maximum atomic E-state index is 12.5. The van der Waals surface area contributed by atoms with Gasteiger partial charge < -0.3 is 19.4 Å². The van der Waals surface area contributed by atoms with E-state index in [-0.39, 0.29) is 12.1 Å². The van der Waals surface area contributed by atoms with Crippen molar-refractivity contribution in [1.29, 1.82) is 0 Å². The Morgan fingerprint density at radius 3 is 2.86 bits per heavy atom. The molecular weight excluding hydrogens is 280 g/mol. The largest absolute Gasteiger partial charge is 0.494 e. The minimum atomic E-state index is -0.0944. The molecule has 116 valence electrons. The van der Waals surface area contributed by atoms with Crippen LogP contribution in [-0.4, -0.2) is 24.1 Å². The molecule has 1 saturated heterocycles. The van der Waals surface area contributed by atoms with Crippen LogP contribution >= 0.6 is 0 Å². The first-order valence-corrected chi connectivity index (χ1v) is 7.62. The number of likely N-dealkylation sites (tertiary alicyclic amines) is 1. The van der Waals surface area contributed by atoms with Crippen molar-refractivity contribution in [2.24, 2.45) is 0 Å². The third kappa shape index (κ3) is 3.08. The van der Waals surface area contributed by atoms with E-state index < -0.39 is 0 Å². The summed E-state index contributed by atoms with van der Waals surface area (Å²) in [6.45, 7) is 3.32. The van der Waals surface area contributed by atoms with Crippen molar-refractivity contribution in [1.82, 2.24) is 4.90 Å². The number of urea groups is 1. The molecule has 0 aliphatic carbocycles. The van der Waals surface area contributed by atoms with Gasteiger partial charge in [-0.3, -0.25) is 0 Å². The maximum absolute atomic E-state index is 12.5. The van der Waals surface area contributed by atoms with Crippen molar-refractivity contribution in [3.8, 4) is 5.75 Å². The van der Waals surface area contributed by atoms with Crippen LogP contribution in [0.25, 0.3) is 0 Å². The minimum Gasteiger partial charge on any atom is -0.494 e. The van der Waals surface area contributed by atoms with E-state index in [1.165, 1.54) is 0 Å². The molecule has 1 aliphatic rings. The smallest absolute Gasteiger partial charge is 0.322 e. The third-order valence-corrected chi connectivity index (χ3v) is 3.80. The molecular formula is C17H20N2O3. The molecule has 1 N–H and O–H groups in total. The number of nitrogens with one attached hydrogen (secondary N) is 1. The van der Waals surface area contributed by atoms with Gasteiger partial charge in [0.15, 0.2) is 0 Å². The Balaban J connectivity index is 1.66. The molecule has 0 bridgehead atoms. The topological polar surface area (TPSA) is 54.7 Å². The number of hydrogen-bond donors (Lipinski definition) is 1. The number of nitrogens with zero attached hydrogens (tertiary/aromatic N) is 1. The van der Waals surface area contributed by atoms with Crippen LogP contribution in [0.3, 0.4) is 0 Å². The number of amides is 2. The monoisotopic (exact) mass is 300 g/mol. The Bertz CT molecular complexity index is 607. The van der Waals surface area contributed by atoms with Gasteiger partial charge in [-0.25, -0.2) is 4.79 Å². The summed E-state index contributed by atoms with van der Waals surface area (Å²) >= 11 is 0. The van der Waals surface area contributed by atoms with E-state index in [0.29, 0.717) is 6.61 Å². The molecule has 5 heteroatoms. The van der Waals surface area contributed by atoms with Crippen molar-refractivity contribution in [3.05, 3.63) is 48.4 Å². The Kier molecular flexibility index (Phi) is 4.32. The van der Waals surface area contributed by atoms with Crippen molar-refractivity contribution in [2.75, 3.05) is 18.5 Å². The van der Waals surface area contributed by atoms with E-state index in [4.69, 9.17) is 9.15 Å². The molecule has 0 radical (unpaired) electrons. The number of carbonyl (C=O) groups excluding carboxylic acids is 1. The second kappa shape index (κ2) is 6.56. The highest BCUT2D eigenvalue weighted by molar-refractivity contribution is 5.89. The summed E-state index contributed by atoms with van der Waals surface area (Å²) in [5, 5.41) is 2.93. The quantitative estimate of drug-likeness (QED) is 0.927. The number of carbonyl (C=O) groups is 1. The van der Waals surface area contributed by atoms with Gasteiger partial charge in [0.25, 0.3) is 0 Å². The van der Waals surface area contributed by atoms with Crippen LogP contribution in [0.2, 0.25) is 0 Å². The average molecular weight is 300 g/mol. The van der Waals surface area contributed by atoms with Crippen LogP contribution in [0, 0.1) is 0 Å². The van der Waals surface area contributed by atoms with Crippen molar-refractivity contribution in [3.63, 3.8) is 0 Å². The van der Waals surface area contributed by atoms with Crippen LogP contribution in [0.15, 0.2) is 47.1 Å². The van der Waals surface area contributed by atoms with Crippen LogP contribution < -0.4 is 10.1 Å². The number of benzene rings is 1. The highest BCUT2D eigenvalue weighted by atomic mass is 16.5. The molecule has 2 amide bonds. The highest BCUT2D eigenvalue weighted by Gasteiger charge is 2.31. The molecule has 0 saturated carbocycles. The lowest BCUT2D eigenvalue weighted by atomic mass is 10.2. The van der Waals surface area contributed by atoms with Gasteiger partial charge in [0.05, 0.1) is 18.9 Å². The summed E-state index contributed by atoms with van der Waals surface area (Å²) in [5.41, 5.74) is 0.763. The first kappa shape index (κ1) is 14.5. The summed E-state index contributed by atoms with van der Waals surface area (Å²) in [6, 6.07) is 11.1. The molecule has 22 heavy (non-hydrogen) atoms. The zero-order valence-corrected chi connectivity index (χ0v) is 12.6. The molecule has 1 atom stereocenters. The van der Waals surface area contributed by atoms with E-state index >= 15 is 0 Å². The second-order valence-electron chi connectivity index (χ2n) is 5.25. The van der Waals surface area contributed by atoms with Crippen molar-refractivity contribution in [2.45, 2.75) is 25.8 Å². The third-order valence-electron chi connectivity index (χ3n) is 3.80. The fourth-order valence-electron chi connectivity index (χ4n) is 2.78. The molecule has 1 aliphatic heterocycles. The van der Waals surface area contributed by atoms with Gasteiger partial charge in [-0.05, 0) is 56.2 Å². The molecule has 1 aromatic carbocycles. The maximum Gasteiger partial charge on any atom is 0.322 e. The molecule has 0 unspecified atom stereocenters. The Morgan fingerprint density at radius 2 is 2.18 bits per heavy atom. The molecule has 2 heterocycles. The van der Waals surface area contributed by atoms with E-state index in [9.17, 15) is 4.79 Å². The average Bonchev–Trinajstić information content (AvgIpc) is 3.20. The number of furan rings is 1. The fraction of sp³-hybridized carbons (Fsp3) is 0.353. The predicted molar refractivity (Wildman–Crippen MR) is 84.0 cm³/mol. The highest BCUT2D eigenvalue weighted by Crippen LogP contribution is 2.32. The summed E-state index contributed by atoms with van der Waals surface area (Å²) in [4.78, 5) is 14.3. The van der Waals surface area contributed by atoms with Gasteiger partial charge in [-0.2, -0.15) is 0 Å². The number of anilines is 1. The first-order valence-electron chi connectivity index (χ1n) is 7.62. The summed E-state index contributed by atoms with van der Waals surface area (Å²) < 4.78 is 10.8. The van der Waals surface area contributed by atoms with Gasteiger partial charge in [0.2, 0.25) is 0 Å². The van der Waals surface area contributed by atoms with Gasteiger partial charge in [0.1, 0.15) is 11.5 Å². The lowest BCUT2D eigenvalue weighted by molar-refractivity contribution is 0.200. The number of hydrogen-bond acceptors (Lipinski definition) is 3. The Labute approximate surface area is 129 Å². The van der Waals surface area contributed by atoms with Gasteiger partial charge in [-0.1, -0.05) is 0 Å². The SMILES string of the molecule is CCOc1ccc(NC(=O)N2CCC[C@@H]2c2ccco2)cc1. The zero-order valence-electron chi connectivity index (χ0n) is 12.6. The number of ether oxygens (including phenoxy) is 1. The Hall–Kier alpha value is -2.43. The lowest BCUT2D eigenvalue weighted by Crippen LogP contribution is -2.34. The van der Waals surface area contributed by atoms with Crippen LogP contribution in [0.4, 0.5) is 10.5 Å². The fourth-order valence-corrected chi connectivity index (χ4v) is 2.78. The molecule has 5 nitrogen and oxygen atoms in total. The molecule has 3 rings (SSSR count). The van der Waals surface area contributed by atoms with E-state index in [1.54, 1.807) is 6.26 Å². The molecule has 1 fully saturated rings. The Morgan fingerprint density at radius 1 is 1.36 bits per heavy atom. The summed E-state index contributed by atoms with van der Waals surface area (Å²) in [5.74, 6) is 1.65. The molecule has 0 spiro atoms. The van der Waals surface area contributed by atoms with E-state index in [1.807, 2.05) is 48.2 Å². The van der Waals surface area contributed by atoms with E-state index in [2.05, 4.69) is 5.32 Å². The summed E-state index contributed by atoms with van der Waals surface area (Å²) in [6.07, 6.45) is 3.57. The van der Waals surface area contributed by atoms with E-state index in [0.717, 1.165) is 36.6 Å². The molecule has 2 aromatic rings. The number of rotatable bonds is 4. The van der Waals surface area contributed by atoms with Crippen LogP contribution in [0.1, 0.15) is 31.6 Å².